The van der Waals surface area contributed by atoms with Gasteiger partial charge in [-0.05, 0) is 55.8 Å². The molecule has 27 heavy (non-hydrogen) atoms. The summed E-state index contributed by atoms with van der Waals surface area (Å²) in [5.41, 5.74) is 5.68. The third kappa shape index (κ3) is 3.37. The van der Waals surface area contributed by atoms with Crippen LogP contribution in [0.4, 0.5) is 5.82 Å². The average Bonchev–Trinajstić information content (AvgIpc) is 3.35. The molecule has 4 aromatic rings. The summed E-state index contributed by atoms with van der Waals surface area (Å²) in [6.45, 7) is 3.82. The number of hydrazone groups is 1. The van der Waals surface area contributed by atoms with Gasteiger partial charge in [0.05, 0.1) is 19.1 Å². The van der Waals surface area contributed by atoms with E-state index in [1.54, 1.807) is 30.0 Å². The number of aryl methyl sites for hydroxylation is 1. The second kappa shape index (κ2) is 6.91. The highest BCUT2D eigenvalue weighted by Gasteiger charge is 2.13. The summed E-state index contributed by atoms with van der Waals surface area (Å²) < 4.78 is 12.2. The van der Waals surface area contributed by atoms with Gasteiger partial charge in [0.25, 0.3) is 5.78 Å². The number of fused-ring (bicyclic) bond motifs is 1. The van der Waals surface area contributed by atoms with Crippen molar-refractivity contribution in [3.05, 3.63) is 60.0 Å². The van der Waals surface area contributed by atoms with Crippen LogP contribution in [-0.2, 0) is 0 Å². The van der Waals surface area contributed by atoms with E-state index < -0.39 is 0 Å². The molecule has 0 aliphatic carbocycles. The van der Waals surface area contributed by atoms with Crippen LogP contribution in [0.5, 0.6) is 5.75 Å². The Kier molecular flexibility index (Phi) is 4.29. The topological polar surface area (TPSA) is 89.8 Å². The summed E-state index contributed by atoms with van der Waals surface area (Å²) in [4.78, 5) is 8.84. The summed E-state index contributed by atoms with van der Waals surface area (Å²) in [6.07, 6.45) is 1.58. The van der Waals surface area contributed by atoms with Crippen molar-refractivity contribution in [2.24, 2.45) is 5.10 Å². The van der Waals surface area contributed by atoms with Gasteiger partial charge in [-0.1, -0.05) is 0 Å². The second-order valence-corrected chi connectivity index (χ2v) is 5.94. The maximum Gasteiger partial charge on any atom is 0.255 e. The van der Waals surface area contributed by atoms with Crippen LogP contribution in [0.15, 0.2) is 58.2 Å². The van der Waals surface area contributed by atoms with Gasteiger partial charge in [-0.3, -0.25) is 5.43 Å². The van der Waals surface area contributed by atoms with E-state index in [0.29, 0.717) is 23.2 Å². The Balaban J connectivity index is 1.66. The highest BCUT2D eigenvalue weighted by Crippen LogP contribution is 2.19. The second-order valence-electron chi connectivity index (χ2n) is 5.94. The normalized spacial score (nSPS) is 11.7. The lowest BCUT2D eigenvalue weighted by Crippen LogP contribution is -2.05. The van der Waals surface area contributed by atoms with Crippen molar-refractivity contribution in [2.75, 3.05) is 12.5 Å². The molecule has 0 atom stereocenters. The van der Waals surface area contributed by atoms with E-state index in [1.165, 1.54) is 0 Å². The first-order valence-electron chi connectivity index (χ1n) is 8.37. The first-order valence-corrected chi connectivity index (χ1v) is 8.37. The minimum atomic E-state index is 0.469. The van der Waals surface area contributed by atoms with E-state index in [4.69, 9.17) is 9.15 Å². The van der Waals surface area contributed by atoms with Gasteiger partial charge in [0.1, 0.15) is 5.75 Å². The maximum absolute atomic E-state index is 5.37. The van der Waals surface area contributed by atoms with E-state index >= 15 is 0 Å². The smallest absolute Gasteiger partial charge is 0.255 e. The van der Waals surface area contributed by atoms with Gasteiger partial charge in [-0.25, -0.2) is 4.98 Å². The minimum absolute atomic E-state index is 0.469. The molecule has 0 saturated carbocycles. The molecule has 0 fully saturated rings. The molecular formula is C19H18N6O2. The Hall–Kier alpha value is -3.68. The lowest BCUT2D eigenvalue weighted by atomic mass is 10.1. The first-order chi connectivity index (χ1) is 13.1. The molecule has 0 saturated heterocycles. The number of rotatable bonds is 5. The SMILES string of the molecule is COc1ccc(/C(C)=N\Nc2cc(C)nc3nc(-c4ccco4)nn23)cc1. The Morgan fingerprint density at radius 3 is 2.70 bits per heavy atom. The van der Waals surface area contributed by atoms with Crippen LogP contribution in [0.2, 0.25) is 0 Å². The molecule has 0 unspecified atom stereocenters. The van der Waals surface area contributed by atoms with Crippen LogP contribution in [0, 0.1) is 6.92 Å². The number of hydrogen-bond acceptors (Lipinski definition) is 7. The number of hydrogen-bond donors (Lipinski definition) is 1. The third-order valence-electron chi connectivity index (χ3n) is 4.03. The van der Waals surface area contributed by atoms with Gasteiger partial charge in [-0.2, -0.15) is 14.6 Å². The maximum atomic E-state index is 5.37. The molecule has 0 aliphatic rings. The number of nitrogens with one attached hydrogen (secondary N) is 1. The Morgan fingerprint density at radius 1 is 1.19 bits per heavy atom. The van der Waals surface area contributed by atoms with Crippen LogP contribution in [0.25, 0.3) is 17.4 Å². The van der Waals surface area contributed by atoms with E-state index in [1.807, 2.05) is 44.2 Å². The molecule has 0 spiro atoms. The molecule has 0 radical (unpaired) electrons. The van der Waals surface area contributed by atoms with Crippen LogP contribution in [-0.4, -0.2) is 32.4 Å². The van der Waals surface area contributed by atoms with Crippen molar-refractivity contribution in [3.63, 3.8) is 0 Å². The summed E-state index contributed by atoms with van der Waals surface area (Å²) in [5, 5.41) is 8.94. The molecule has 0 amide bonds. The lowest BCUT2D eigenvalue weighted by Gasteiger charge is -2.06. The number of furan rings is 1. The Bertz CT molecular complexity index is 1100. The summed E-state index contributed by atoms with van der Waals surface area (Å²) in [6, 6.07) is 13.2. The standard InChI is InChI=1S/C19H18N6O2/c1-12-11-17(23-22-13(2)14-6-8-15(26-3)9-7-14)25-19(20-12)21-18(24-25)16-5-4-10-27-16/h4-11,23H,1-3H3/b22-13-. The van der Waals surface area contributed by atoms with Gasteiger partial charge in [-0.15, -0.1) is 5.10 Å². The predicted octanol–water partition coefficient (Wildman–Crippen LogP) is 3.54. The van der Waals surface area contributed by atoms with Crippen molar-refractivity contribution in [1.29, 1.82) is 0 Å². The number of aromatic nitrogens is 4. The molecule has 3 heterocycles. The monoisotopic (exact) mass is 362 g/mol. The van der Waals surface area contributed by atoms with E-state index in [9.17, 15) is 0 Å². The summed E-state index contributed by atoms with van der Waals surface area (Å²) >= 11 is 0. The van der Waals surface area contributed by atoms with Crippen LogP contribution >= 0.6 is 0 Å². The third-order valence-corrected chi connectivity index (χ3v) is 4.03. The molecule has 1 aromatic carbocycles. The average molecular weight is 362 g/mol. The highest BCUT2D eigenvalue weighted by molar-refractivity contribution is 5.99. The minimum Gasteiger partial charge on any atom is -0.497 e. The van der Waals surface area contributed by atoms with E-state index in [2.05, 4.69) is 25.6 Å². The van der Waals surface area contributed by atoms with Gasteiger partial charge < -0.3 is 9.15 Å². The number of anilines is 1. The van der Waals surface area contributed by atoms with Crippen molar-refractivity contribution in [3.8, 4) is 17.3 Å². The van der Waals surface area contributed by atoms with Gasteiger partial charge in [0, 0.05) is 11.8 Å². The number of nitrogens with zero attached hydrogens (tertiary/aromatic N) is 5. The number of benzene rings is 1. The summed E-state index contributed by atoms with van der Waals surface area (Å²) in [5.74, 6) is 3.00. The molecule has 4 rings (SSSR count). The zero-order valence-electron chi connectivity index (χ0n) is 15.2. The van der Waals surface area contributed by atoms with Gasteiger partial charge in [0.15, 0.2) is 11.6 Å². The lowest BCUT2D eigenvalue weighted by molar-refractivity contribution is 0.415. The number of ether oxygens (including phenoxy) is 1. The molecule has 8 nitrogen and oxygen atoms in total. The zero-order chi connectivity index (χ0) is 18.8. The van der Waals surface area contributed by atoms with Crippen molar-refractivity contribution < 1.29 is 9.15 Å². The quantitative estimate of drug-likeness (QED) is 0.431. The number of methoxy groups -OCH3 is 1. The largest absolute Gasteiger partial charge is 0.497 e. The van der Waals surface area contributed by atoms with Crippen molar-refractivity contribution in [2.45, 2.75) is 13.8 Å². The van der Waals surface area contributed by atoms with Crippen LogP contribution < -0.4 is 10.2 Å². The van der Waals surface area contributed by atoms with E-state index in [-0.39, 0.29) is 0 Å². The van der Waals surface area contributed by atoms with Gasteiger partial charge >= 0.3 is 0 Å². The van der Waals surface area contributed by atoms with E-state index in [0.717, 1.165) is 22.7 Å². The van der Waals surface area contributed by atoms with Gasteiger partial charge in [0.2, 0.25) is 5.82 Å². The highest BCUT2D eigenvalue weighted by atomic mass is 16.5. The van der Waals surface area contributed by atoms with Crippen molar-refractivity contribution >= 4 is 17.3 Å². The molecule has 0 bridgehead atoms. The van der Waals surface area contributed by atoms with Crippen LogP contribution in [0.1, 0.15) is 18.2 Å². The first kappa shape index (κ1) is 16.8. The fourth-order valence-electron chi connectivity index (χ4n) is 2.61. The van der Waals surface area contributed by atoms with Crippen molar-refractivity contribution in [1.82, 2.24) is 19.6 Å². The fraction of sp³-hybridized carbons (Fsp3) is 0.158. The fourth-order valence-corrected chi connectivity index (χ4v) is 2.61. The molecule has 1 N–H and O–H groups in total. The summed E-state index contributed by atoms with van der Waals surface area (Å²) in [7, 11) is 1.64. The molecule has 0 aliphatic heterocycles. The molecule has 136 valence electrons. The molecule has 3 aromatic heterocycles. The predicted molar refractivity (Wildman–Crippen MR) is 102 cm³/mol. The van der Waals surface area contributed by atoms with Crippen LogP contribution in [0.3, 0.4) is 0 Å². The Morgan fingerprint density at radius 2 is 2.00 bits per heavy atom. The molecular weight excluding hydrogens is 344 g/mol. The molecule has 8 heteroatoms. The zero-order valence-corrected chi connectivity index (χ0v) is 15.2. The Labute approximate surface area is 155 Å².